The summed E-state index contributed by atoms with van der Waals surface area (Å²) in [5, 5.41) is 1.07. The van der Waals surface area contributed by atoms with Gasteiger partial charge < -0.3 is 13.9 Å². The summed E-state index contributed by atoms with van der Waals surface area (Å²) in [4.78, 5) is 24.8. The number of carbonyl (C=O) groups excluding carboxylic acids is 1. The quantitative estimate of drug-likeness (QED) is 0.221. The first-order valence-corrected chi connectivity index (χ1v) is 9.61. The molecule has 0 N–H and O–H groups in total. The molecule has 0 atom stereocenters. The van der Waals surface area contributed by atoms with Crippen molar-refractivity contribution in [3.05, 3.63) is 92.8 Å². The first-order chi connectivity index (χ1) is 14.5. The number of hydrogen-bond donors (Lipinski definition) is 0. The normalized spacial score (nSPS) is 10.8. The second kappa shape index (κ2) is 8.22. The van der Waals surface area contributed by atoms with E-state index in [4.69, 9.17) is 37.1 Å². The minimum Gasteiger partial charge on any atom is -0.494 e. The molecule has 0 amide bonds. The van der Waals surface area contributed by atoms with Gasteiger partial charge in [-0.1, -0.05) is 53.5 Å². The van der Waals surface area contributed by atoms with Crippen LogP contribution >= 0.6 is 23.2 Å². The van der Waals surface area contributed by atoms with Crippen LogP contribution in [0.5, 0.6) is 11.5 Å². The van der Waals surface area contributed by atoms with Crippen molar-refractivity contribution in [1.82, 2.24) is 0 Å². The number of ether oxygens (including phenoxy) is 2. The van der Waals surface area contributed by atoms with E-state index in [0.717, 1.165) is 11.1 Å². The van der Waals surface area contributed by atoms with E-state index in [2.05, 4.69) is 0 Å². The lowest BCUT2D eigenvalue weighted by molar-refractivity contribution is 0.0731. The van der Waals surface area contributed by atoms with Gasteiger partial charge in [0.25, 0.3) is 0 Å². The molecule has 30 heavy (non-hydrogen) atoms. The zero-order valence-electron chi connectivity index (χ0n) is 15.6. The van der Waals surface area contributed by atoms with Gasteiger partial charge in [-0.2, -0.15) is 0 Å². The van der Waals surface area contributed by atoms with E-state index in [9.17, 15) is 9.59 Å². The van der Waals surface area contributed by atoms with Crippen molar-refractivity contribution in [1.29, 1.82) is 0 Å². The second-order valence-corrected chi connectivity index (χ2v) is 7.14. The first-order valence-electron chi connectivity index (χ1n) is 8.85. The minimum atomic E-state index is -0.750. The third-order valence-corrected chi connectivity index (χ3v) is 5.09. The van der Waals surface area contributed by atoms with Crippen molar-refractivity contribution in [3.8, 4) is 22.6 Å². The lowest BCUT2D eigenvalue weighted by Gasteiger charge is -2.12. The fraction of sp³-hybridized carbons (Fsp3) is 0.0435. The molecule has 0 fully saturated rings. The van der Waals surface area contributed by atoms with Gasteiger partial charge in [0.2, 0.25) is 0 Å². The van der Waals surface area contributed by atoms with Crippen molar-refractivity contribution < 1.29 is 18.7 Å². The van der Waals surface area contributed by atoms with Crippen molar-refractivity contribution in [2.45, 2.75) is 0 Å². The van der Waals surface area contributed by atoms with E-state index in [-0.39, 0.29) is 32.7 Å². The van der Waals surface area contributed by atoms with Gasteiger partial charge in [0, 0.05) is 17.5 Å². The van der Waals surface area contributed by atoms with Crippen LogP contribution in [0.2, 0.25) is 10.0 Å². The largest absolute Gasteiger partial charge is 0.494 e. The molecule has 4 aromatic rings. The summed E-state index contributed by atoms with van der Waals surface area (Å²) in [7, 11) is 1.38. The monoisotopic (exact) mass is 440 g/mol. The van der Waals surface area contributed by atoms with Crippen molar-refractivity contribution in [2.24, 2.45) is 0 Å². The highest BCUT2D eigenvalue weighted by Crippen LogP contribution is 2.35. The molecule has 1 heterocycles. The maximum atomic E-state index is 12.7. The zero-order valence-corrected chi connectivity index (χ0v) is 17.2. The molecule has 0 unspecified atom stereocenters. The predicted octanol–water partition coefficient (Wildman–Crippen LogP) is 5.99. The van der Waals surface area contributed by atoms with Gasteiger partial charge in [0.15, 0.2) is 5.75 Å². The van der Waals surface area contributed by atoms with Crippen molar-refractivity contribution in [3.63, 3.8) is 0 Å². The van der Waals surface area contributed by atoms with Crippen LogP contribution in [-0.2, 0) is 0 Å². The summed E-state index contributed by atoms with van der Waals surface area (Å²) >= 11 is 12.2. The molecule has 150 valence electrons. The number of carbonyl (C=O) groups is 1. The molecule has 0 spiro atoms. The molecule has 3 aromatic carbocycles. The molecule has 7 heteroatoms. The third-order valence-electron chi connectivity index (χ3n) is 4.48. The van der Waals surface area contributed by atoms with Crippen LogP contribution in [0.15, 0.2) is 75.9 Å². The van der Waals surface area contributed by atoms with Crippen molar-refractivity contribution >= 4 is 40.1 Å². The molecule has 0 aliphatic rings. The lowest BCUT2D eigenvalue weighted by atomic mass is 10.0. The van der Waals surface area contributed by atoms with Gasteiger partial charge >= 0.3 is 11.6 Å². The van der Waals surface area contributed by atoms with Crippen molar-refractivity contribution in [2.75, 3.05) is 7.11 Å². The highest BCUT2D eigenvalue weighted by Gasteiger charge is 2.22. The summed E-state index contributed by atoms with van der Waals surface area (Å²) in [6, 6.07) is 18.7. The Morgan fingerprint density at radius 3 is 2.40 bits per heavy atom. The van der Waals surface area contributed by atoms with Gasteiger partial charge in [-0.3, -0.25) is 0 Å². The SMILES string of the molecule is COc1c(Cl)ccc(Cl)c1C(=O)Oc1ccc2c(-c3ccccc3)cc(=O)oc2c1. The lowest BCUT2D eigenvalue weighted by Crippen LogP contribution is -2.11. The summed E-state index contributed by atoms with van der Waals surface area (Å²) < 4.78 is 16.0. The molecule has 0 aliphatic heterocycles. The number of rotatable bonds is 4. The van der Waals surface area contributed by atoms with Crippen LogP contribution in [-0.4, -0.2) is 13.1 Å². The average Bonchev–Trinajstić information content (AvgIpc) is 2.74. The zero-order chi connectivity index (χ0) is 21.3. The Bertz CT molecular complexity index is 1310. The number of benzene rings is 3. The molecule has 0 aliphatic carbocycles. The molecule has 5 nitrogen and oxygen atoms in total. The summed E-state index contributed by atoms with van der Waals surface area (Å²) in [6.45, 7) is 0. The number of methoxy groups -OCH3 is 1. The smallest absolute Gasteiger partial charge is 0.348 e. The van der Waals surface area contributed by atoms with Crippen LogP contribution in [0.1, 0.15) is 10.4 Å². The summed E-state index contributed by atoms with van der Waals surface area (Å²) in [6.07, 6.45) is 0. The van der Waals surface area contributed by atoms with Crippen LogP contribution in [0.4, 0.5) is 0 Å². The predicted molar refractivity (Wildman–Crippen MR) is 116 cm³/mol. The Labute approximate surface area is 181 Å². The summed E-state index contributed by atoms with van der Waals surface area (Å²) in [5.41, 5.74) is 1.38. The Kier molecular flexibility index (Phi) is 5.48. The van der Waals surface area contributed by atoms with Crippen LogP contribution in [0.25, 0.3) is 22.1 Å². The minimum absolute atomic E-state index is 0.00579. The standard InChI is InChI=1S/C23H14Cl2O5/c1-28-22-18(25)10-9-17(24)21(22)23(27)29-14-7-8-15-16(13-5-3-2-4-6-13)12-20(26)30-19(15)11-14/h2-12H,1H3. The average molecular weight is 441 g/mol. The van der Waals surface area contributed by atoms with Crippen LogP contribution in [0.3, 0.4) is 0 Å². The van der Waals surface area contributed by atoms with Gasteiger partial charge in [-0.05, 0) is 35.4 Å². The topological polar surface area (TPSA) is 65.7 Å². The highest BCUT2D eigenvalue weighted by molar-refractivity contribution is 6.37. The molecule has 0 saturated heterocycles. The Balaban J connectivity index is 1.75. The van der Waals surface area contributed by atoms with E-state index in [1.54, 1.807) is 12.1 Å². The van der Waals surface area contributed by atoms with Gasteiger partial charge in [-0.15, -0.1) is 0 Å². The van der Waals surface area contributed by atoms with E-state index >= 15 is 0 Å². The summed E-state index contributed by atoms with van der Waals surface area (Å²) in [5.74, 6) is -0.452. The molecule has 0 radical (unpaired) electrons. The fourth-order valence-corrected chi connectivity index (χ4v) is 3.60. The van der Waals surface area contributed by atoms with Gasteiger partial charge in [0.05, 0.1) is 17.2 Å². The van der Waals surface area contributed by atoms with E-state index in [1.165, 1.54) is 31.4 Å². The van der Waals surface area contributed by atoms with Crippen LogP contribution < -0.4 is 15.1 Å². The van der Waals surface area contributed by atoms with Gasteiger partial charge in [0.1, 0.15) is 16.9 Å². The first kappa shape index (κ1) is 20.0. The third kappa shape index (κ3) is 3.77. The van der Waals surface area contributed by atoms with Crippen LogP contribution in [0, 0.1) is 0 Å². The molecular weight excluding hydrogens is 427 g/mol. The number of esters is 1. The molecule has 0 bridgehead atoms. The Morgan fingerprint density at radius 1 is 0.933 bits per heavy atom. The Hall–Kier alpha value is -3.28. The molecular formula is C23H14Cl2O5. The molecule has 1 aromatic heterocycles. The molecule has 0 saturated carbocycles. The van der Waals surface area contributed by atoms with E-state index in [1.807, 2.05) is 30.3 Å². The molecule has 4 rings (SSSR count). The Morgan fingerprint density at radius 2 is 1.67 bits per heavy atom. The number of halogens is 2. The van der Waals surface area contributed by atoms with E-state index < -0.39 is 11.6 Å². The second-order valence-electron chi connectivity index (χ2n) is 6.33. The maximum Gasteiger partial charge on any atom is 0.348 e. The van der Waals surface area contributed by atoms with Gasteiger partial charge in [-0.25, -0.2) is 9.59 Å². The highest BCUT2D eigenvalue weighted by atomic mass is 35.5. The maximum absolute atomic E-state index is 12.7. The van der Waals surface area contributed by atoms with E-state index in [0.29, 0.717) is 5.39 Å². The fourth-order valence-electron chi connectivity index (χ4n) is 3.14. The number of hydrogen-bond acceptors (Lipinski definition) is 5. The number of fused-ring (bicyclic) bond motifs is 1.